The zero-order valence-corrected chi connectivity index (χ0v) is 15.5. The number of ether oxygens (including phenoxy) is 1. The Labute approximate surface area is 153 Å². The monoisotopic (exact) mass is 363 g/mol. The van der Waals surface area contributed by atoms with Crippen LogP contribution in [-0.4, -0.2) is 60.6 Å². The van der Waals surface area contributed by atoms with Crippen LogP contribution in [0.15, 0.2) is 24.3 Å². The van der Waals surface area contributed by atoms with Crippen LogP contribution in [0.3, 0.4) is 0 Å². The first-order valence-electron chi connectivity index (χ1n) is 9.01. The predicted molar refractivity (Wildman–Crippen MR) is 96.3 cm³/mol. The van der Waals surface area contributed by atoms with Gasteiger partial charge < -0.3 is 19.9 Å². The van der Waals surface area contributed by atoms with E-state index in [0.717, 1.165) is 12.8 Å². The van der Waals surface area contributed by atoms with Crippen molar-refractivity contribution >= 4 is 17.6 Å². The van der Waals surface area contributed by atoms with Crippen molar-refractivity contribution in [3.05, 3.63) is 30.1 Å². The van der Waals surface area contributed by atoms with E-state index in [9.17, 15) is 14.0 Å². The van der Waals surface area contributed by atoms with Gasteiger partial charge >= 0.3 is 6.03 Å². The quantitative estimate of drug-likeness (QED) is 0.879. The molecule has 0 saturated carbocycles. The molecule has 26 heavy (non-hydrogen) atoms. The van der Waals surface area contributed by atoms with Gasteiger partial charge in [-0.25, -0.2) is 9.18 Å². The number of carbonyl (C=O) groups is 2. The van der Waals surface area contributed by atoms with E-state index < -0.39 is 0 Å². The summed E-state index contributed by atoms with van der Waals surface area (Å²) in [7, 11) is 3.47. The van der Waals surface area contributed by atoms with Crippen LogP contribution in [0.2, 0.25) is 0 Å². The molecule has 1 aromatic rings. The van der Waals surface area contributed by atoms with Gasteiger partial charge in [0.15, 0.2) is 0 Å². The lowest BCUT2D eigenvalue weighted by Crippen LogP contribution is -2.53. The van der Waals surface area contributed by atoms with Crippen LogP contribution in [0.1, 0.15) is 26.2 Å². The van der Waals surface area contributed by atoms with Crippen molar-refractivity contribution in [2.45, 2.75) is 37.9 Å². The first-order valence-corrected chi connectivity index (χ1v) is 9.01. The lowest BCUT2D eigenvalue weighted by atomic mass is 9.80. The largest absolute Gasteiger partial charge is 0.362 e. The molecule has 1 N–H and O–H groups in total. The van der Waals surface area contributed by atoms with Gasteiger partial charge in [-0.3, -0.25) is 4.79 Å². The van der Waals surface area contributed by atoms with Gasteiger partial charge in [-0.05, 0) is 37.5 Å². The number of anilines is 1. The van der Waals surface area contributed by atoms with E-state index in [-0.39, 0.29) is 35.4 Å². The predicted octanol–water partition coefficient (Wildman–Crippen LogP) is 2.71. The molecule has 2 saturated heterocycles. The average molecular weight is 363 g/mol. The molecule has 2 fully saturated rings. The Kier molecular flexibility index (Phi) is 5.18. The molecular formula is C19H26FN3O3. The first kappa shape index (κ1) is 18.6. The van der Waals surface area contributed by atoms with Gasteiger partial charge in [0, 0.05) is 38.8 Å². The van der Waals surface area contributed by atoms with Gasteiger partial charge in [0.05, 0.1) is 5.60 Å². The maximum absolute atomic E-state index is 13.3. The van der Waals surface area contributed by atoms with Crippen LogP contribution in [0.25, 0.3) is 0 Å². The Bertz CT molecular complexity index is 696. The lowest BCUT2D eigenvalue weighted by molar-refractivity contribution is -0.153. The number of nitrogens with one attached hydrogen (secondary N) is 1. The lowest BCUT2D eigenvalue weighted by Gasteiger charge is -2.44. The first-order chi connectivity index (χ1) is 12.3. The number of hydrogen-bond acceptors (Lipinski definition) is 3. The summed E-state index contributed by atoms with van der Waals surface area (Å²) in [6.45, 7) is 3.16. The molecule has 0 radical (unpaired) electrons. The van der Waals surface area contributed by atoms with Crippen molar-refractivity contribution in [1.82, 2.24) is 9.80 Å². The molecule has 3 rings (SSSR count). The number of hydrogen-bond donors (Lipinski definition) is 1. The normalized spacial score (nSPS) is 28.2. The molecule has 0 aliphatic carbocycles. The van der Waals surface area contributed by atoms with Crippen molar-refractivity contribution in [1.29, 1.82) is 0 Å². The maximum atomic E-state index is 13.3. The molecule has 3 atom stereocenters. The molecule has 1 spiro atoms. The van der Waals surface area contributed by atoms with E-state index in [4.69, 9.17) is 4.74 Å². The number of amides is 3. The fourth-order valence-corrected chi connectivity index (χ4v) is 3.90. The highest BCUT2D eigenvalue weighted by atomic mass is 19.1. The standard InChI is InChI=1S/C19H26FN3O3/c1-13-12-23(18(25)21-15-6-4-5-14(20)11-15)10-9-19(13)8-7-16(26-19)17(24)22(2)3/h4-6,11,13,16H,7-10,12H2,1-3H3,(H,21,25)/t13-,16+,19-/m1/s1. The van der Waals surface area contributed by atoms with Crippen molar-refractivity contribution in [3.63, 3.8) is 0 Å². The summed E-state index contributed by atoms with van der Waals surface area (Å²) in [6.07, 6.45) is 1.86. The smallest absolute Gasteiger partial charge is 0.321 e. The van der Waals surface area contributed by atoms with Gasteiger partial charge in [0.1, 0.15) is 11.9 Å². The maximum Gasteiger partial charge on any atom is 0.321 e. The topological polar surface area (TPSA) is 61.9 Å². The van der Waals surface area contributed by atoms with E-state index in [2.05, 4.69) is 12.2 Å². The summed E-state index contributed by atoms with van der Waals surface area (Å²) in [5.74, 6) is -0.264. The molecule has 2 aliphatic rings. The Morgan fingerprint density at radius 1 is 1.35 bits per heavy atom. The van der Waals surface area contributed by atoms with E-state index in [0.29, 0.717) is 25.2 Å². The number of likely N-dealkylation sites (N-methyl/N-ethyl adjacent to an activating group) is 1. The minimum atomic E-state index is -0.389. The molecule has 6 nitrogen and oxygen atoms in total. The molecule has 2 aliphatic heterocycles. The summed E-state index contributed by atoms with van der Waals surface area (Å²) in [6, 6.07) is 5.62. The van der Waals surface area contributed by atoms with Crippen LogP contribution < -0.4 is 5.32 Å². The van der Waals surface area contributed by atoms with Crippen molar-refractivity contribution in [3.8, 4) is 0 Å². The van der Waals surface area contributed by atoms with Crippen LogP contribution in [0.5, 0.6) is 0 Å². The zero-order chi connectivity index (χ0) is 18.9. The van der Waals surface area contributed by atoms with E-state index in [1.165, 1.54) is 12.1 Å². The second-order valence-corrected chi connectivity index (χ2v) is 7.48. The summed E-state index contributed by atoms with van der Waals surface area (Å²) < 4.78 is 19.5. The molecule has 0 bridgehead atoms. The van der Waals surface area contributed by atoms with Crippen LogP contribution in [0.4, 0.5) is 14.9 Å². The van der Waals surface area contributed by atoms with Gasteiger partial charge in [0.25, 0.3) is 5.91 Å². The Hall–Kier alpha value is -2.15. The summed E-state index contributed by atoms with van der Waals surface area (Å²) in [4.78, 5) is 27.9. The van der Waals surface area contributed by atoms with Gasteiger partial charge in [-0.1, -0.05) is 13.0 Å². The molecule has 3 amide bonds. The number of nitrogens with zero attached hydrogens (tertiary/aromatic N) is 2. The summed E-state index contributed by atoms with van der Waals surface area (Å²) in [5.41, 5.74) is 0.100. The van der Waals surface area contributed by atoms with Crippen molar-refractivity contribution in [2.24, 2.45) is 5.92 Å². The second-order valence-electron chi connectivity index (χ2n) is 7.48. The molecule has 142 valence electrons. The SMILES string of the molecule is C[C@@H]1CN(C(=O)Nc2cccc(F)c2)CC[C@]12CC[C@@H](C(=O)N(C)C)O2. The van der Waals surface area contributed by atoms with Crippen LogP contribution >= 0.6 is 0 Å². The number of urea groups is 1. The number of halogens is 1. The molecule has 0 aromatic heterocycles. The highest BCUT2D eigenvalue weighted by Crippen LogP contribution is 2.42. The number of likely N-dealkylation sites (tertiary alicyclic amines) is 1. The third-order valence-electron chi connectivity index (χ3n) is 5.48. The second kappa shape index (κ2) is 7.23. The molecule has 0 unspecified atom stereocenters. The van der Waals surface area contributed by atoms with Crippen LogP contribution in [-0.2, 0) is 9.53 Å². The number of carbonyl (C=O) groups excluding carboxylic acids is 2. The Balaban J connectivity index is 1.60. The van der Waals surface area contributed by atoms with Crippen molar-refractivity contribution < 1.29 is 18.7 Å². The van der Waals surface area contributed by atoms with Gasteiger partial charge in [-0.2, -0.15) is 0 Å². The molecular weight excluding hydrogens is 337 g/mol. The molecule has 1 aromatic carbocycles. The highest BCUT2D eigenvalue weighted by molar-refractivity contribution is 5.89. The van der Waals surface area contributed by atoms with E-state index >= 15 is 0 Å². The highest BCUT2D eigenvalue weighted by Gasteiger charge is 2.49. The third kappa shape index (κ3) is 3.67. The summed E-state index contributed by atoms with van der Waals surface area (Å²) in [5, 5.41) is 2.74. The minimum Gasteiger partial charge on any atom is -0.362 e. The minimum absolute atomic E-state index is 0.000326. The fourth-order valence-electron chi connectivity index (χ4n) is 3.90. The molecule has 2 heterocycles. The number of piperidine rings is 1. The Morgan fingerprint density at radius 2 is 2.12 bits per heavy atom. The van der Waals surface area contributed by atoms with Gasteiger partial charge in [-0.15, -0.1) is 0 Å². The number of benzene rings is 1. The fraction of sp³-hybridized carbons (Fsp3) is 0.579. The molecule has 7 heteroatoms. The zero-order valence-electron chi connectivity index (χ0n) is 15.5. The summed E-state index contributed by atoms with van der Waals surface area (Å²) >= 11 is 0. The van der Waals surface area contributed by atoms with E-state index in [1.807, 2.05) is 0 Å². The number of rotatable bonds is 2. The Morgan fingerprint density at radius 3 is 2.77 bits per heavy atom. The third-order valence-corrected chi connectivity index (χ3v) is 5.48. The van der Waals surface area contributed by atoms with Crippen LogP contribution in [0, 0.1) is 11.7 Å². The van der Waals surface area contributed by atoms with Crippen molar-refractivity contribution in [2.75, 3.05) is 32.5 Å². The van der Waals surface area contributed by atoms with E-state index in [1.54, 1.807) is 36.0 Å². The van der Waals surface area contributed by atoms with Gasteiger partial charge in [0.2, 0.25) is 0 Å². The average Bonchev–Trinajstić information content (AvgIpc) is 3.02.